The van der Waals surface area contributed by atoms with Crippen LogP contribution < -0.4 is 9.64 Å². The van der Waals surface area contributed by atoms with Crippen LogP contribution in [0.5, 0.6) is 5.88 Å². The molecule has 0 bridgehead atoms. The van der Waals surface area contributed by atoms with Gasteiger partial charge in [0.05, 0.1) is 25.4 Å². The third-order valence-corrected chi connectivity index (χ3v) is 5.19. The van der Waals surface area contributed by atoms with E-state index >= 15 is 0 Å². The molecule has 2 heterocycles. The summed E-state index contributed by atoms with van der Waals surface area (Å²) in [5.74, 6) is 0.359. The van der Waals surface area contributed by atoms with Crippen molar-refractivity contribution in [1.82, 2.24) is 4.98 Å². The molecule has 6 nitrogen and oxygen atoms in total. The molecule has 1 aliphatic rings. The van der Waals surface area contributed by atoms with Gasteiger partial charge in [-0.25, -0.2) is 4.98 Å². The molecule has 3 rings (SSSR count). The zero-order chi connectivity index (χ0) is 22.5. The Morgan fingerprint density at radius 2 is 1.74 bits per heavy atom. The summed E-state index contributed by atoms with van der Waals surface area (Å²) in [5, 5.41) is 9.88. The van der Waals surface area contributed by atoms with E-state index in [0.29, 0.717) is 24.5 Å². The average Bonchev–Trinajstić information content (AvgIpc) is 2.73. The third kappa shape index (κ3) is 6.43. The lowest BCUT2D eigenvalue weighted by Crippen LogP contribution is -2.36. The first-order valence-corrected chi connectivity index (χ1v) is 10.8. The van der Waals surface area contributed by atoms with Crippen LogP contribution in [0.2, 0.25) is 0 Å². The SMILES string of the molecule is CC(C)(C)OCCC(C)(C)Oc1nccc(-c2ccc(N3CCOCC3)cc2)c1C#N. The number of hydrogen-bond donors (Lipinski definition) is 0. The second kappa shape index (κ2) is 9.67. The van der Waals surface area contributed by atoms with Crippen LogP contribution >= 0.6 is 0 Å². The smallest absolute Gasteiger partial charge is 0.232 e. The number of morpholine rings is 1. The standard InChI is InChI=1S/C25H33N3O3/c1-24(2,3)30-15-11-25(4,5)31-23-22(18-26)21(10-12-27-23)19-6-8-20(9-7-19)28-13-16-29-17-14-28/h6-10,12H,11,13-17H2,1-5H3. The highest BCUT2D eigenvalue weighted by Crippen LogP contribution is 2.32. The van der Waals surface area contributed by atoms with Crippen LogP contribution in [0.3, 0.4) is 0 Å². The number of ether oxygens (including phenoxy) is 3. The Bertz CT molecular complexity index is 905. The fourth-order valence-corrected chi connectivity index (χ4v) is 3.46. The number of anilines is 1. The second-order valence-electron chi connectivity index (χ2n) is 9.37. The first-order chi connectivity index (χ1) is 14.7. The van der Waals surface area contributed by atoms with E-state index in [1.54, 1.807) is 6.20 Å². The van der Waals surface area contributed by atoms with Gasteiger partial charge in [-0.05, 0) is 58.4 Å². The van der Waals surface area contributed by atoms with Crippen molar-refractivity contribution in [3.63, 3.8) is 0 Å². The molecule has 1 fully saturated rings. The molecular weight excluding hydrogens is 390 g/mol. The van der Waals surface area contributed by atoms with Gasteiger partial charge >= 0.3 is 0 Å². The van der Waals surface area contributed by atoms with Crippen molar-refractivity contribution in [1.29, 1.82) is 5.26 Å². The molecule has 31 heavy (non-hydrogen) atoms. The van der Waals surface area contributed by atoms with Gasteiger partial charge in [-0.2, -0.15) is 5.26 Å². The highest BCUT2D eigenvalue weighted by Gasteiger charge is 2.25. The first-order valence-electron chi connectivity index (χ1n) is 10.8. The van der Waals surface area contributed by atoms with Crippen LogP contribution in [0.4, 0.5) is 5.69 Å². The number of nitrogens with zero attached hydrogens (tertiary/aromatic N) is 3. The number of rotatable bonds is 7. The predicted octanol–water partition coefficient (Wildman–Crippen LogP) is 4.82. The molecular formula is C25H33N3O3. The van der Waals surface area contributed by atoms with Gasteiger partial charge in [0.25, 0.3) is 0 Å². The number of pyridine rings is 1. The van der Waals surface area contributed by atoms with E-state index in [4.69, 9.17) is 14.2 Å². The Balaban J connectivity index is 1.77. The largest absolute Gasteiger partial charge is 0.471 e. The zero-order valence-corrected chi connectivity index (χ0v) is 19.3. The first kappa shape index (κ1) is 23.1. The molecule has 0 saturated carbocycles. The zero-order valence-electron chi connectivity index (χ0n) is 19.3. The van der Waals surface area contributed by atoms with Crippen LogP contribution in [-0.4, -0.2) is 49.1 Å². The van der Waals surface area contributed by atoms with E-state index in [1.807, 2.05) is 52.8 Å². The highest BCUT2D eigenvalue weighted by molar-refractivity contribution is 5.73. The molecule has 6 heteroatoms. The molecule has 0 spiro atoms. The summed E-state index contributed by atoms with van der Waals surface area (Å²) in [6.07, 6.45) is 2.39. The Morgan fingerprint density at radius 3 is 2.35 bits per heavy atom. The molecule has 0 N–H and O–H groups in total. The summed E-state index contributed by atoms with van der Waals surface area (Å²) in [6.45, 7) is 13.9. The van der Waals surface area contributed by atoms with E-state index < -0.39 is 5.60 Å². The Labute approximate surface area is 185 Å². The van der Waals surface area contributed by atoms with E-state index in [0.717, 1.165) is 43.1 Å². The van der Waals surface area contributed by atoms with Gasteiger partial charge in [0.15, 0.2) is 0 Å². The van der Waals surface area contributed by atoms with Gasteiger partial charge in [0.2, 0.25) is 5.88 Å². The Morgan fingerprint density at radius 1 is 1.06 bits per heavy atom. The molecule has 0 aliphatic carbocycles. The maximum atomic E-state index is 9.88. The number of benzene rings is 1. The quantitative estimate of drug-likeness (QED) is 0.636. The van der Waals surface area contributed by atoms with Gasteiger partial charge in [-0.1, -0.05) is 12.1 Å². The molecule has 1 aromatic carbocycles. The lowest BCUT2D eigenvalue weighted by atomic mass is 10.0. The Kier molecular flexibility index (Phi) is 7.19. The summed E-state index contributed by atoms with van der Waals surface area (Å²) in [7, 11) is 0. The summed E-state index contributed by atoms with van der Waals surface area (Å²) >= 11 is 0. The monoisotopic (exact) mass is 423 g/mol. The fourth-order valence-electron chi connectivity index (χ4n) is 3.46. The number of hydrogen-bond acceptors (Lipinski definition) is 6. The van der Waals surface area contributed by atoms with Crippen molar-refractivity contribution in [2.45, 2.75) is 52.2 Å². The summed E-state index contributed by atoms with van der Waals surface area (Å²) in [5.41, 5.74) is 2.70. The normalized spacial score (nSPS) is 14.9. The van der Waals surface area contributed by atoms with E-state index in [2.05, 4.69) is 28.1 Å². The molecule has 0 atom stereocenters. The van der Waals surface area contributed by atoms with Crippen molar-refractivity contribution in [2.75, 3.05) is 37.8 Å². The van der Waals surface area contributed by atoms with Crippen LogP contribution in [0.25, 0.3) is 11.1 Å². The second-order valence-corrected chi connectivity index (χ2v) is 9.37. The van der Waals surface area contributed by atoms with Crippen molar-refractivity contribution in [3.8, 4) is 23.1 Å². The topological polar surface area (TPSA) is 67.6 Å². The van der Waals surface area contributed by atoms with Crippen LogP contribution in [-0.2, 0) is 9.47 Å². The molecule has 1 saturated heterocycles. The summed E-state index contributed by atoms with van der Waals surface area (Å²) in [6, 6.07) is 12.4. The molecule has 0 amide bonds. The van der Waals surface area contributed by atoms with E-state index in [-0.39, 0.29) is 5.60 Å². The van der Waals surface area contributed by atoms with Gasteiger partial charge < -0.3 is 19.1 Å². The molecule has 2 aromatic rings. The van der Waals surface area contributed by atoms with Gasteiger partial charge in [-0.15, -0.1) is 0 Å². The van der Waals surface area contributed by atoms with Crippen molar-refractivity contribution < 1.29 is 14.2 Å². The Hall–Kier alpha value is -2.62. The van der Waals surface area contributed by atoms with Crippen LogP contribution in [0.15, 0.2) is 36.5 Å². The van der Waals surface area contributed by atoms with Crippen LogP contribution in [0, 0.1) is 11.3 Å². The van der Waals surface area contributed by atoms with Crippen molar-refractivity contribution in [2.24, 2.45) is 0 Å². The van der Waals surface area contributed by atoms with Gasteiger partial charge in [0, 0.05) is 37.0 Å². The molecule has 1 aromatic heterocycles. The minimum absolute atomic E-state index is 0.195. The summed E-state index contributed by atoms with van der Waals surface area (Å²) in [4.78, 5) is 6.67. The molecule has 0 unspecified atom stereocenters. The number of aromatic nitrogens is 1. The van der Waals surface area contributed by atoms with Gasteiger partial charge in [0.1, 0.15) is 17.2 Å². The minimum Gasteiger partial charge on any atom is -0.471 e. The van der Waals surface area contributed by atoms with Crippen LogP contribution in [0.1, 0.15) is 46.6 Å². The van der Waals surface area contributed by atoms with Crippen molar-refractivity contribution >= 4 is 5.69 Å². The highest BCUT2D eigenvalue weighted by atomic mass is 16.5. The van der Waals surface area contributed by atoms with E-state index in [1.165, 1.54) is 0 Å². The van der Waals surface area contributed by atoms with E-state index in [9.17, 15) is 5.26 Å². The number of nitriles is 1. The third-order valence-electron chi connectivity index (χ3n) is 5.19. The predicted molar refractivity (Wildman–Crippen MR) is 122 cm³/mol. The maximum absolute atomic E-state index is 9.88. The lowest BCUT2D eigenvalue weighted by molar-refractivity contribution is -0.0300. The van der Waals surface area contributed by atoms with Gasteiger partial charge in [-0.3, -0.25) is 0 Å². The molecule has 1 aliphatic heterocycles. The lowest BCUT2D eigenvalue weighted by Gasteiger charge is -2.29. The summed E-state index contributed by atoms with van der Waals surface area (Å²) < 4.78 is 17.5. The molecule has 166 valence electrons. The maximum Gasteiger partial charge on any atom is 0.232 e. The average molecular weight is 424 g/mol. The minimum atomic E-state index is -0.511. The fraction of sp³-hybridized carbons (Fsp3) is 0.520. The van der Waals surface area contributed by atoms with Crippen molar-refractivity contribution in [3.05, 3.63) is 42.1 Å². The molecule has 0 radical (unpaired) electrons.